The first-order valence-electron chi connectivity index (χ1n) is 6.86. The van der Waals surface area contributed by atoms with Gasteiger partial charge in [-0.1, -0.05) is 6.92 Å². The molecule has 2 unspecified atom stereocenters. The van der Waals surface area contributed by atoms with Gasteiger partial charge in [-0.05, 0) is 19.1 Å². The molecular weight excluding hydrogens is 254 g/mol. The molecule has 5 heteroatoms. The van der Waals surface area contributed by atoms with E-state index in [9.17, 15) is 0 Å². The Labute approximate surface area is 118 Å². The molecule has 0 fully saturated rings. The highest BCUT2D eigenvalue weighted by Gasteiger charge is 2.25. The molecular formula is C15H19N3O2. The Kier molecular flexibility index (Phi) is 3.12. The second-order valence-corrected chi connectivity index (χ2v) is 5.47. The van der Waals surface area contributed by atoms with Gasteiger partial charge in [0.05, 0.1) is 12.8 Å². The number of benzene rings is 1. The maximum Gasteiger partial charge on any atom is 0.128 e. The monoisotopic (exact) mass is 273 g/mol. The zero-order chi connectivity index (χ0) is 14.3. The number of methoxy groups -OCH3 is 1. The number of hydrogen-bond donors (Lipinski definition) is 1. The molecule has 0 bridgehead atoms. The minimum atomic E-state index is 0.195. The van der Waals surface area contributed by atoms with Gasteiger partial charge in [-0.2, -0.15) is 5.10 Å². The third-order valence-corrected chi connectivity index (χ3v) is 3.82. The van der Waals surface area contributed by atoms with Gasteiger partial charge in [0.1, 0.15) is 23.4 Å². The van der Waals surface area contributed by atoms with Crippen LogP contribution in [0.2, 0.25) is 0 Å². The van der Waals surface area contributed by atoms with Crippen LogP contribution in [0.15, 0.2) is 22.3 Å². The summed E-state index contributed by atoms with van der Waals surface area (Å²) in [5.41, 5.74) is 8.82. The lowest BCUT2D eigenvalue weighted by molar-refractivity contribution is 0.254. The molecule has 0 amide bonds. The molecule has 3 rings (SSSR count). The topological polar surface area (TPSA) is 69.2 Å². The lowest BCUT2D eigenvalue weighted by Crippen LogP contribution is -2.27. The van der Waals surface area contributed by atoms with E-state index in [1.54, 1.807) is 7.11 Å². The van der Waals surface area contributed by atoms with Gasteiger partial charge in [0.2, 0.25) is 0 Å². The van der Waals surface area contributed by atoms with Crippen LogP contribution in [0.1, 0.15) is 31.4 Å². The van der Waals surface area contributed by atoms with E-state index in [-0.39, 0.29) is 12.0 Å². The lowest BCUT2D eigenvalue weighted by atomic mass is 9.95. The second-order valence-electron chi connectivity index (χ2n) is 5.47. The summed E-state index contributed by atoms with van der Waals surface area (Å²) in [7, 11) is 1.68. The molecule has 0 aliphatic carbocycles. The summed E-state index contributed by atoms with van der Waals surface area (Å²) in [6.45, 7) is 4.11. The zero-order valence-corrected chi connectivity index (χ0v) is 12.0. The maximum absolute atomic E-state index is 5.81. The van der Waals surface area contributed by atoms with Crippen LogP contribution >= 0.6 is 0 Å². The van der Waals surface area contributed by atoms with Crippen LogP contribution in [0.25, 0.3) is 0 Å². The third-order valence-electron chi connectivity index (χ3n) is 3.82. The van der Waals surface area contributed by atoms with Crippen molar-refractivity contribution in [1.82, 2.24) is 0 Å². The van der Waals surface area contributed by atoms with Crippen LogP contribution < -0.4 is 15.2 Å². The van der Waals surface area contributed by atoms with E-state index in [1.165, 1.54) is 5.56 Å². The fourth-order valence-electron chi connectivity index (χ4n) is 2.65. The van der Waals surface area contributed by atoms with E-state index >= 15 is 0 Å². The molecule has 0 saturated heterocycles. The van der Waals surface area contributed by atoms with Gasteiger partial charge in [-0.15, -0.1) is 5.10 Å². The quantitative estimate of drug-likeness (QED) is 0.897. The van der Waals surface area contributed by atoms with Crippen molar-refractivity contribution in [2.75, 3.05) is 7.11 Å². The number of nitrogens with two attached hydrogens (primary N) is 1. The number of hydrogen-bond acceptors (Lipinski definition) is 5. The van der Waals surface area contributed by atoms with Crippen molar-refractivity contribution < 1.29 is 9.47 Å². The van der Waals surface area contributed by atoms with Crippen LogP contribution in [-0.4, -0.2) is 24.8 Å². The fourth-order valence-corrected chi connectivity index (χ4v) is 2.65. The summed E-state index contributed by atoms with van der Waals surface area (Å²) in [5.74, 6) is 2.52. The Bertz CT molecular complexity index is 607. The molecule has 0 radical (unpaired) electrons. The summed E-state index contributed by atoms with van der Waals surface area (Å²) in [4.78, 5) is 0. The summed E-state index contributed by atoms with van der Waals surface area (Å²) in [6.07, 6.45) is 1.89. The molecule has 1 aromatic carbocycles. The zero-order valence-electron chi connectivity index (χ0n) is 12.0. The molecule has 106 valence electrons. The smallest absolute Gasteiger partial charge is 0.128 e. The van der Waals surface area contributed by atoms with Gasteiger partial charge in [0.25, 0.3) is 0 Å². The van der Waals surface area contributed by atoms with Crippen LogP contribution in [0.5, 0.6) is 11.5 Å². The van der Waals surface area contributed by atoms with Gasteiger partial charge in [-0.3, -0.25) is 0 Å². The van der Waals surface area contributed by atoms with Crippen molar-refractivity contribution in [3.8, 4) is 11.5 Å². The Morgan fingerprint density at radius 2 is 2.05 bits per heavy atom. The van der Waals surface area contributed by atoms with E-state index in [4.69, 9.17) is 15.2 Å². The standard InChI is InChI=1S/C15H19N3O2/c1-8-4-12(17-18-15(8)16)11-7-13-10(5-9(2)20-13)6-14(11)19-3/h6-9H,4-5H2,1-3H3,(H2,16,18). The number of nitrogens with zero attached hydrogens (tertiary/aromatic N) is 2. The average molecular weight is 273 g/mol. The molecule has 1 aromatic rings. The van der Waals surface area contributed by atoms with Crippen molar-refractivity contribution in [3.05, 3.63) is 23.3 Å². The van der Waals surface area contributed by atoms with Gasteiger partial charge >= 0.3 is 0 Å². The van der Waals surface area contributed by atoms with E-state index in [2.05, 4.69) is 17.1 Å². The first kappa shape index (κ1) is 13.0. The van der Waals surface area contributed by atoms with E-state index in [0.717, 1.165) is 35.6 Å². The Morgan fingerprint density at radius 3 is 2.75 bits per heavy atom. The van der Waals surface area contributed by atoms with Crippen LogP contribution in [0, 0.1) is 5.92 Å². The number of amidine groups is 1. The van der Waals surface area contributed by atoms with Crippen LogP contribution in [0.3, 0.4) is 0 Å². The molecule has 20 heavy (non-hydrogen) atoms. The second kappa shape index (κ2) is 4.81. The predicted molar refractivity (Wildman–Crippen MR) is 78.7 cm³/mol. The number of ether oxygens (including phenoxy) is 2. The van der Waals surface area contributed by atoms with Crippen molar-refractivity contribution in [2.24, 2.45) is 21.9 Å². The minimum Gasteiger partial charge on any atom is -0.496 e. The molecule has 2 N–H and O–H groups in total. The average Bonchev–Trinajstić information content (AvgIpc) is 2.79. The van der Waals surface area contributed by atoms with Crippen molar-refractivity contribution in [3.63, 3.8) is 0 Å². The number of fused-ring (bicyclic) bond motifs is 1. The first-order valence-corrected chi connectivity index (χ1v) is 6.86. The Balaban J connectivity index is 2.04. The summed E-state index contributed by atoms with van der Waals surface area (Å²) in [6, 6.07) is 4.06. The molecule has 2 aliphatic rings. The summed E-state index contributed by atoms with van der Waals surface area (Å²) in [5, 5.41) is 8.27. The minimum absolute atomic E-state index is 0.195. The molecule has 0 spiro atoms. The highest BCUT2D eigenvalue weighted by Crippen LogP contribution is 2.36. The predicted octanol–water partition coefficient (Wildman–Crippen LogP) is 2.12. The number of rotatable bonds is 2. The maximum atomic E-state index is 5.81. The SMILES string of the molecule is COc1cc2c(cc1C1=NN=C(N)C(C)C1)OC(C)C2. The molecule has 2 aliphatic heterocycles. The largest absolute Gasteiger partial charge is 0.496 e. The van der Waals surface area contributed by atoms with E-state index in [0.29, 0.717) is 5.84 Å². The van der Waals surface area contributed by atoms with Crippen LogP contribution in [-0.2, 0) is 6.42 Å². The Morgan fingerprint density at radius 1 is 1.25 bits per heavy atom. The molecule has 5 nitrogen and oxygen atoms in total. The highest BCUT2D eigenvalue weighted by molar-refractivity contribution is 6.07. The van der Waals surface area contributed by atoms with Gasteiger partial charge in [0, 0.05) is 29.9 Å². The highest BCUT2D eigenvalue weighted by atomic mass is 16.5. The normalized spacial score (nSPS) is 24.6. The molecule has 2 heterocycles. The van der Waals surface area contributed by atoms with Crippen molar-refractivity contribution >= 4 is 11.5 Å². The molecule has 0 saturated carbocycles. The van der Waals surface area contributed by atoms with Gasteiger partial charge in [-0.25, -0.2) is 0 Å². The van der Waals surface area contributed by atoms with E-state index in [1.807, 2.05) is 19.1 Å². The fraction of sp³-hybridized carbons (Fsp3) is 0.467. The lowest BCUT2D eigenvalue weighted by Gasteiger charge is -2.18. The first-order chi connectivity index (χ1) is 9.58. The van der Waals surface area contributed by atoms with Gasteiger partial charge < -0.3 is 15.2 Å². The van der Waals surface area contributed by atoms with Crippen molar-refractivity contribution in [2.45, 2.75) is 32.8 Å². The van der Waals surface area contributed by atoms with Crippen molar-refractivity contribution in [1.29, 1.82) is 0 Å². The molecule has 0 aromatic heterocycles. The summed E-state index contributed by atoms with van der Waals surface area (Å²) < 4.78 is 11.3. The molecule has 2 atom stereocenters. The van der Waals surface area contributed by atoms with Crippen LogP contribution in [0.4, 0.5) is 0 Å². The third kappa shape index (κ3) is 2.13. The summed E-state index contributed by atoms with van der Waals surface area (Å²) >= 11 is 0. The van der Waals surface area contributed by atoms with Gasteiger partial charge in [0.15, 0.2) is 0 Å². The Hall–Kier alpha value is -2.04. The van der Waals surface area contributed by atoms with E-state index < -0.39 is 0 Å².